The van der Waals surface area contributed by atoms with Gasteiger partial charge in [-0.15, -0.1) is 0 Å². The van der Waals surface area contributed by atoms with E-state index in [0.717, 1.165) is 0 Å². The van der Waals surface area contributed by atoms with Gasteiger partial charge in [-0.1, -0.05) is 0 Å². The minimum atomic E-state index is -0.0968. The SMILES string of the molecule is CCOCc1nc(NN)cc(OC(C)COCC)n1. The van der Waals surface area contributed by atoms with Crippen LogP contribution in [0.15, 0.2) is 6.07 Å². The molecular weight excluding hydrogens is 248 g/mol. The second kappa shape index (κ2) is 8.63. The molecule has 0 fully saturated rings. The number of rotatable bonds is 9. The zero-order valence-electron chi connectivity index (χ0n) is 11.7. The average molecular weight is 270 g/mol. The molecule has 1 aromatic rings. The summed E-state index contributed by atoms with van der Waals surface area (Å²) in [5.41, 5.74) is 2.48. The first kappa shape index (κ1) is 15.6. The van der Waals surface area contributed by atoms with E-state index in [1.165, 1.54) is 0 Å². The zero-order chi connectivity index (χ0) is 14.1. The maximum absolute atomic E-state index is 5.65. The van der Waals surface area contributed by atoms with Crippen LogP contribution in [0.5, 0.6) is 5.88 Å². The first-order valence-corrected chi connectivity index (χ1v) is 6.36. The van der Waals surface area contributed by atoms with Gasteiger partial charge >= 0.3 is 0 Å². The number of nitrogen functional groups attached to an aromatic ring is 1. The van der Waals surface area contributed by atoms with E-state index in [1.807, 2.05) is 20.8 Å². The quantitative estimate of drug-likeness (QED) is 0.513. The van der Waals surface area contributed by atoms with Gasteiger partial charge in [-0.25, -0.2) is 10.8 Å². The van der Waals surface area contributed by atoms with E-state index in [4.69, 9.17) is 20.1 Å². The molecule has 7 heteroatoms. The van der Waals surface area contributed by atoms with Gasteiger partial charge in [-0.2, -0.15) is 4.98 Å². The van der Waals surface area contributed by atoms with Gasteiger partial charge in [0.25, 0.3) is 0 Å². The highest BCUT2D eigenvalue weighted by Gasteiger charge is 2.09. The third kappa shape index (κ3) is 5.82. The van der Waals surface area contributed by atoms with Crippen LogP contribution in [0.2, 0.25) is 0 Å². The summed E-state index contributed by atoms with van der Waals surface area (Å²) in [5.74, 6) is 6.83. The van der Waals surface area contributed by atoms with Crippen LogP contribution < -0.4 is 16.0 Å². The van der Waals surface area contributed by atoms with Gasteiger partial charge in [-0.05, 0) is 20.8 Å². The van der Waals surface area contributed by atoms with Crippen LogP contribution in [0.1, 0.15) is 26.6 Å². The summed E-state index contributed by atoms with van der Waals surface area (Å²) >= 11 is 0. The fraction of sp³-hybridized carbons (Fsp3) is 0.667. The molecule has 1 aromatic heterocycles. The van der Waals surface area contributed by atoms with Gasteiger partial charge in [0.05, 0.1) is 6.61 Å². The summed E-state index contributed by atoms with van der Waals surface area (Å²) in [6.45, 7) is 7.84. The van der Waals surface area contributed by atoms with Crippen molar-refractivity contribution < 1.29 is 14.2 Å². The van der Waals surface area contributed by atoms with Crippen molar-refractivity contribution in [2.75, 3.05) is 25.2 Å². The molecule has 1 atom stereocenters. The molecule has 1 unspecified atom stereocenters. The Labute approximate surface area is 113 Å². The topological polar surface area (TPSA) is 91.5 Å². The summed E-state index contributed by atoms with van der Waals surface area (Å²) in [6.07, 6.45) is -0.0968. The Balaban J connectivity index is 2.69. The molecule has 19 heavy (non-hydrogen) atoms. The van der Waals surface area contributed by atoms with Gasteiger partial charge in [0.15, 0.2) is 5.82 Å². The van der Waals surface area contributed by atoms with Crippen molar-refractivity contribution in [3.05, 3.63) is 11.9 Å². The van der Waals surface area contributed by atoms with Crippen LogP contribution >= 0.6 is 0 Å². The minimum Gasteiger partial charge on any atom is -0.472 e. The van der Waals surface area contributed by atoms with Gasteiger partial charge in [0, 0.05) is 19.3 Å². The smallest absolute Gasteiger partial charge is 0.219 e. The van der Waals surface area contributed by atoms with E-state index in [9.17, 15) is 0 Å². The molecular formula is C12H22N4O3. The minimum absolute atomic E-state index is 0.0968. The molecule has 3 N–H and O–H groups in total. The number of nitrogens with one attached hydrogen (secondary N) is 1. The Morgan fingerprint density at radius 1 is 1.26 bits per heavy atom. The Hall–Kier alpha value is -1.44. The Morgan fingerprint density at radius 3 is 2.63 bits per heavy atom. The summed E-state index contributed by atoms with van der Waals surface area (Å²) in [7, 11) is 0. The normalized spacial score (nSPS) is 12.2. The predicted octanol–water partition coefficient (Wildman–Crippen LogP) is 1.10. The number of hydrazine groups is 1. The molecule has 1 heterocycles. The van der Waals surface area contributed by atoms with E-state index >= 15 is 0 Å². The fourth-order valence-electron chi connectivity index (χ4n) is 1.39. The molecule has 0 saturated heterocycles. The van der Waals surface area contributed by atoms with Crippen LogP contribution in [0.25, 0.3) is 0 Å². The lowest BCUT2D eigenvalue weighted by molar-refractivity contribution is 0.0626. The van der Waals surface area contributed by atoms with Gasteiger partial charge in [-0.3, -0.25) is 0 Å². The summed E-state index contributed by atoms with van der Waals surface area (Å²) in [6, 6.07) is 1.64. The lowest BCUT2D eigenvalue weighted by atomic mass is 10.4. The molecule has 7 nitrogen and oxygen atoms in total. The molecule has 0 radical (unpaired) electrons. The Morgan fingerprint density at radius 2 is 2.00 bits per heavy atom. The molecule has 108 valence electrons. The largest absolute Gasteiger partial charge is 0.472 e. The van der Waals surface area contributed by atoms with Crippen molar-refractivity contribution in [2.24, 2.45) is 5.84 Å². The van der Waals surface area contributed by atoms with E-state index in [2.05, 4.69) is 15.4 Å². The molecule has 0 amide bonds. The van der Waals surface area contributed by atoms with Crippen LogP contribution in [0.3, 0.4) is 0 Å². The van der Waals surface area contributed by atoms with E-state index in [1.54, 1.807) is 6.07 Å². The Bertz CT molecular complexity index is 376. The first-order valence-electron chi connectivity index (χ1n) is 6.36. The van der Waals surface area contributed by atoms with Gasteiger partial charge < -0.3 is 19.6 Å². The monoisotopic (exact) mass is 270 g/mol. The summed E-state index contributed by atoms with van der Waals surface area (Å²) in [5, 5.41) is 0. The molecule has 1 rings (SSSR count). The van der Waals surface area contributed by atoms with E-state index in [0.29, 0.717) is 43.9 Å². The second-order valence-electron chi connectivity index (χ2n) is 3.88. The van der Waals surface area contributed by atoms with Crippen LogP contribution in [-0.4, -0.2) is 35.9 Å². The van der Waals surface area contributed by atoms with Gasteiger partial charge in [0.2, 0.25) is 5.88 Å². The maximum Gasteiger partial charge on any atom is 0.219 e. The maximum atomic E-state index is 5.65. The van der Waals surface area contributed by atoms with Crippen molar-refractivity contribution in [3.8, 4) is 5.88 Å². The highest BCUT2D eigenvalue weighted by Crippen LogP contribution is 2.15. The average Bonchev–Trinajstić information content (AvgIpc) is 2.42. The van der Waals surface area contributed by atoms with Crippen molar-refractivity contribution in [3.63, 3.8) is 0 Å². The molecule has 0 aromatic carbocycles. The second-order valence-corrected chi connectivity index (χ2v) is 3.88. The molecule has 0 saturated carbocycles. The number of nitrogens with zero attached hydrogens (tertiary/aromatic N) is 2. The van der Waals surface area contributed by atoms with Gasteiger partial charge in [0.1, 0.15) is 18.5 Å². The standard InChI is InChI=1S/C12H22N4O3/c1-4-17-7-9(3)19-12-6-10(16-13)14-11(15-12)8-18-5-2/h6,9H,4-5,7-8,13H2,1-3H3,(H,14,15,16). The van der Waals surface area contributed by atoms with Crippen molar-refractivity contribution in [1.82, 2.24) is 9.97 Å². The predicted molar refractivity (Wildman–Crippen MR) is 71.8 cm³/mol. The third-order valence-corrected chi connectivity index (χ3v) is 2.21. The van der Waals surface area contributed by atoms with Crippen LogP contribution in [-0.2, 0) is 16.1 Å². The number of nitrogens with two attached hydrogens (primary N) is 1. The van der Waals surface area contributed by atoms with Crippen molar-refractivity contribution in [1.29, 1.82) is 0 Å². The number of aromatic nitrogens is 2. The highest BCUT2D eigenvalue weighted by atomic mass is 16.5. The summed E-state index contributed by atoms with van der Waals surface area (Å²) < 4.78 is 16.2. The number of anilines is 1. The number of hydrogen-bond acceptors (Lipinski definition) is 7. The van der Waals surface area contributed by atoms with Crippen molar-refractivity contribution >= 4 is 5.82 Å². The fourth-order valence-corrected chi connectivity index (χ4v) is 1.39. The molecule has 0 aliphatic rings. The first-order chi connectivity index (χ1) is 9.19. The lowest BCUT2D eigenvalue weighted by Gasteiger charge is -2.15. The molecule has 0 spiro atoms. The Kier molecular flexibility index (Phi) is 7.09. The summed E-state index contributed by atoms with van der Waals surface area (Å²) in [4.78, 5) is 8.43. The van der Waals surface area contributed by atoms with Crippen LogP contribution in [0.4, 0.5) is 5.82 Å². The zero-order valence-corrected chi connectivity index (χ0v) is 11.7. The third-order valence-electron chi connectivity index (χ3n) is 2.21. The molecule has 0 aliphatic carbocycles. The number of hydrogen-bond donors (Lipinski definition) is 2. The van der Waals surface area contributed by atoms with E-state index in [-0.39, 0.29) is 6.10 Å². The van der Waals surface area contributed by atoms with Crippen molar-refractivity contribution in [2.45, 2.75) is 33.5 Å². The van der Waals surface area contributed by atoms with Crippen LogP contribution in [0, 0.1) is 0 Å². The number of ether oxygens (including phenoxy) is 3. The van der Waals surface area contributed by atoms with E-state index < -0.39 is 0 Å². The highest BCUT2D eigenvalue weighted by molar-refractivity contribution is 5.36. The molecule has 0 aliphatic heterocycles. The lowest BCUT2D eigenvalue weighted by Crippen LogP contribution is -2.20. The molecule has 0 bridgehead atoms.